The quantitative estimate of drug-likeness (QED) is 0.325. The van der Waals surface area contributed by atoms with Gasteiger partial charge in [0.1, 0.15) is 23.7 Å². The van der Waals surface area contributed by atoms with Gasteiger partial charge in [-0.25, -0.2) is 4.39 Å². The van der Waals surface area contributed by atoms with Gasteiger partial charge in [-0.15, -0.1) is 10.2 Å². The van der Waals surface area contributed by atoms with Crippen molar-refractivity contribution in [3.8, 4) is 11.8 Å². The van der Waals surface area contributed by atoms with Gasteiger partial charge in [0, 0.05) is 66.9 Å². The number of nitriles is 1. The fourth-order valence-electron chi connectivity index (χ4n) is 8.46. The lowest BCUT2D eigenvalue weighted by Crippen LogP contribution is -2.53. The molecule has 1 saturated carbocycles. The maximum atomic E-state index is 16.0. The van der Waals surface area contributed by atoms with Crippen LogP contribution in [0.15, 0.2) is 42.5 Å². The highest BCUT2D eigenvalue weighted by molar-refractivity contribution is 6.31. The highest BCUT2D eigenvalue weighted by Crippen LogP contribution is 2.36. The first-order valence-corrected chi connectivity index (χ1v) is 18.5. The number of anilines is 1. The van der Waals surface area contributed by atoms with Gasteiger partial charge in [0.15, 0.2) is 11.5 Å². The Morgan fingerprint density at radius 3 is 2.45 bits per heavy atom. The van der Waals surface area contributed by atoms with Crippen LogP contribution in [0.4, 0.5) is 10.2 Å². The number of hydrogen-bond donors (Lipinski definition) is 2. The van der Waals surface area contributed by atoms with Crippen molar-refractivity contribution >= 4 is 41.0 Å². The van der Waals surface area contributed by atoms with Crippen molar-refractivity contribution in [1.82, 2.24) is 30.6 Å². The number of nitrogens with zero attached hydrogens (tertiary/aromatic N) is 6. The first-order chi connectivity index (χ1) is 25.6. The monoisotopic (exact) mass is 740 g/mol. The molecule has 3 atom stereocenters. The highest BCUT2D eigenvalue weighted by Gasteiger charge is 2.43. The van der Waals surface area contributed by atoms with E-state index in [2.05, 4.69) is 30.6 Å². The number of aromatic nitrogens is 2. The van der Waals surface area contributed by atoms with E-state index < -0.39 is 17.8 Å². The number of carbonyl (C=O) groups is 4. The molecule has 53 heavy (non-hydrogen) atoms. The van der Waals surface area contributed by atoms with Crippen molar-refractivity contribution in [3.05, 3.63) is 81.3 Å². The van der Waals surface area contributed by atoms with Crippen LogP contribution in [0, 0.1) is 17.1 Å². The molecular weight excluding hydrogens is 703 g/mol. The first kappa shape index (κ1) is 34.9. The molecule has 274 valence electrons. The van der Waals surface area contributed by atoms with Crippen molar-refractivity contribution in [2.24, 2.45) is 0 Å². The van der Waals surface area contributed by atoms with Crippen molar-refractivity contribution in [2.75, 3.05) is 18.0 Å². The van der Waals surface area contributed by atoms with Gasteiger partial charge >= 0.3 is 0 Å². The minimum Gasteiger partial charge on any atom is -0.490 e. The number of amides is 4. The first-order valence-electron chi connectivity index (χ1n) is 18.1. The van der Waals surface area contributed by atoms with E-state index in [1.54, 1.807) is 36.4 Å². The van der Waals surface area contributed by atoms with Gasteiger partial charge in [0.05, 0.1) is 23.2 Å². The number of imide groups is 1. The molecule has 1 aromatic heterocycles. The largest absolute Gasteiger partial charge is 0.490 e. The van der Waals surface area contributed by atoms with E-state index in [1.165, 1.54) is 4.90 Å². The molecule has 1 aliphatic carbocycles. The van der Waals surface area contributed by atoms with Crippen LogP contribution in [0.5, 0.6) is 5.75 Å². The van der Waals surface area contributed by atoms with E-state index in [9.17, 15) is 19.2 Å². The molecule has 3 aromatic rings. The number of ether oxygens (including phenoxy) is 1. The molecule has 3 unspecified atom stereocenters. The Morgan fingerprint density at radius 2 is 1.77 bits per heavy atom. The van der Waals surface area contributed by atoms with Crippen LogP contribution in [0.25, 0.3) is 0 Å². The Hall–Kier alpha value is -5.13. The number of halogens is 2. The lowest BCUT2D eigenvalue weighted by Gasteiger charge is -2.41. The number of piperidine rings is 1. The second kappa shape index (κ2) is 14.4. The van der Waals surface area contributed by atoms with Crippen LogP contribution >= 0.6 is 11.6 Å². The molecule has 13 nitrogen and oxygen atoms in total. The van der Waals surface area contributed by atoms with Crippen LogP contribution in [0.3, 0.4) is 0 Å². The van der Waals surface area contributed by atoms with Gasteiger partial charge in [0.25, 0.3) is 11.8 Å². The summed E-state index contributed by atoms with van der Waals surface area (Å²) in [6.45, 7) is 1.77. The van der Waals surface area contributed by atoms with E-state index in [4.69, 9.17) is 21.6 Å². The zero-order valence-corrected chi connectivity index (χ0v) is 29.6. The second-order valence-corrected chi connectivity index (χ2v) is 14.9. The Bertz CT molecular complexity index is 2000. The lowest BCUT2D eigenvalue weighted by atomic mass is 9.93. The molecule has 2 bridgehead atoms. The third-order valence-electron chi connectivity index (χ3n) is 11.3. The average Bonchev–Trinajstić information content (AvgIpc) is 3.60. The molecule has 4 aliphatic heterocycles. The molecule has 5 heterocycles. The van der Waals surface area contributed by atoms with Gasteiger partial charge in [-0.05, 0) is 75.3 Å². The fraction of sp³-hybridized carbons (Fsp3) is 0.447. The van der Waals surface area contributed by atoms with E-state index in [-0.39, 0.29) is 72.6 Å². The molecule has 3 saturated heterocycles. The van der Waals surface area contributed by atoms with Crippen LogP contribution < -0.4 is 20.3 Å². The maximum absolute atomic E-state index is 16.0. The molecule has 15 heteroatoms. The minimum absolute atomic E-state index is 0.000599. The molecule has 2 aromatic carbocycles. The topological polar surface area (TPSA) is 161 Å². The van der Waals surface area contributed by atoms with Gasteiger partial charge in [-0.1, -0.05) is 17.7 Å². The van der Waals surface area contributed by atoms with Gasteiger partial charge in [0.2, 0.25) is 11.8 Å². The second-order valence-electron chi connectivity index (χ2n) is 14.5. The van der Waals surface area contributed by atoms with Crippen molar-refractivity contribution < 1.29 is 28.3 Å². The van der Waals surface area contributed by atoms with Crippen molar-refractivity contribution in [2.45, 2.75) is 94.7 Å². The standard InChI is InChI=1S/C38H38ClFN8O5/c39-30-15-27(7-1-21(30)16-41)53-26-8-3-23(4-9-26)42-36(50)31-11-13-33(45-44-31)46-18-24-5-6-25(19-46)47(24)17-22-2-10-28-29(35(22)40)20-48(38(28)52)32-12-14-34(49)43-37(32)51/h1-2,7,10-11,13,15,23-26,32H,3-6,8-9,12,14,17-20H2,(H,42,50)(H,43,49,51). The van der Waals surface area contributed by atoms with E-state index >= 15 is 4.39 Å². The van der Waals surface area contributed by atoms with Gasteiger partial charge in [-0.3, -0.25) is 29.4 Å². The molecule has 4 fully saturated rings. The summed E-state index contributed by atoms with van der Waals surface area (Å²) in [6, 6.07) is 13.5. The Morgan fingerprint density at radius 1 is 1.00 bits per heavy atom. The number of fused-ring (bicyclic) bond motifs is 3. The van der Waals surface area contributed by atoms with E-state index in [0.29, 0.717) is 52.9 Å². The summed E-state index contributed by atoms with van der Waals surface area (Å²) in [5.41, 5.74) is 1.74. The van der Waals surface area contributed by atoms with Crippen LogP contribution in [-0.2, 0) is 22.7 Å². The molecule has 0 radical (unpaired) electrons. The van der Waals surface area contributed by atoms with Gasteiger partial charge < -0.3 is 19.9 Å². The molecular formula is C38H38ClFN8O5. The Balaban J connectivity index is 0.837. The summed E-state index contributed by atoms with van der Waals surface area (Å²) in [6.07, 6.45) is 5.33. The predicted octanol–water partition coefficient (Wildman–Crippen LogP) is 3.87. The van der Waals surface area contributed by atoms with Crippen LogP contribution in [0.1, 0.15) is 88.9 Å². The Labute approximate surface area is 310 Å². The molecule has 0 spiro atoms. The molecule has 4 amide bonds. The third-order valence-corrected chi connectivity index (χ3v) is 11.6. The van der Waals surface area contributed by atoms with Crippen LogP contribution in [-0.4, -0.2) is 87.0 Å². The highest BCUT2D eigenvalue weighted by atomic mass is 35.5. The lowest BCUT2D eigenvalue weighted by molar-refractivity contribution is -0.136. The average molecular weight is 741 g/mol. The summed E-state index contributed by atoms with van der Waals surface area (Å²) < 4.78 is 22.0. The number of nitrogens with one attached hydrogen (secondary N) is 2. The zero-order chi connectivity index (χ0) is 36.8. The molecule has 2 N–H and O–H groups in total. The maximum Gasteiger partial charge on any atom is 0.272 e. The van der Waals surface area contributed by atoms with E-state index in [0.717, 1.165) is 38.5 Å². The number of benzene rings is 2. The smallest absolute Gasteiger partial charge is 0.272 e. The van der Waals surface area contributed by atoms with Gasteiger partial charge in [-0.2, -0.15) is 5.26 Å². The fourth-order valence-corrected chi connectivity index (χ4v) is 8.67. The summed E-state index contributed by atoms with van der Waals surface area (Å²) in [7, 11) is 0. The predicted molar refractivity (Wildman–Crippen MR) is 189 cm³/mol. The summed E-state index contributed by atoms with van der Waals surface area (Å²) in [5.74, 6) is -0.642. The molecule has 8 rings (SSSR count). The SMILES string of the molecule is N#Cc1ccc(OC2CCC(NC(=O)c3ccc(N4CC5CCC(C4)N5Cc4ccc5c(c4F)CN(C4CCC(=O)NC4=O)C5=O)nn3)CC2)cc1Cl. The summed E-state index contributed by atoms with van der Waals surface area (Å²) in [5, 5.41) is 23.5. The summed E-state index contributed by atoms with van der Waals surface area (Å²) >= 11 is 6.14. The molecule has 5 aliphatic rings. The van der Waals surface area contributed by atoms with Crippen molar-refractivity contribution in [1.29, 1.82) is 5.26 Å². The minimum atomic E-state index is -0.791. The summed E-state index contributed by atoms with van der Waals surface area (Å²) in [4.78, 5) is 56.1. The zero-order valence-electron chi connectivity index (χ0n) is 28.9. The normalized spacial score (nSPS) is 25.5. The van der Waals surface area contributed by atoms with E-state index in [1.807, 2.05) is 12.1 Å². The Kier molecular flexibility index (Phi) is 9.46. The number of hydrogen-bond acceptors (Lipinski definition) is 10. The van der Waals surface area contributed by atoms with Crippen molar-refractivity contribution in [3.63, 3.8) is 0 Å². The van der Waals surface area contributed by atoms with Crippen LogP contribution in [0.2, 0.25) is 5.02 Å². The number of piperazine rings is 1. The number of rotatable bonds is 8. The third kappa shape index (κ3) is 6.91. The number of carbonyl (C=O) groups excluding carboxylic acids is 4.